The molecule has 136 valence electrons. The van der Waals surface area contributed by atoms with Gasteiger partial charge in [-0.3, -0.25) is 4.79 Å². The summed E-state index contributed by atoms with van der Waals surface area (Å²) in [5.74, 6) is 0.959. The second kappa shape index (κ2) is 8.99. The van der Waals surface area contributed by atoms with Crippen LogP contribution in [0.15, 0.2) is 48.0 Å². The molecule has 0 atom stereocenters. The second-order valence-corrected chi connectivity index (χ2v) is 6.24. The molecule has 0 spiro atoms. The van der Waals surface area contributed by atoms with Crippen molar-refractivity contribution in [3.63, 3.8) is 0 Å². The van der Waals surface area contributed by atoms with Crippen molar-refractivity contribution in [3.8, 4) is 5.75 Å². The zero-order chi connectivity index (χ0) is 18.2. The van der Waals surface area contributed by atoms with Crippen LogP contribution in [0.5, 0.6) is 5.75 Å². The van der Waals surface area contributed by atoms with E-state index in [1.807, 2.05) is 12.1 Å². The van der Waals surface area contributed by atoms with Gasteiger partial charge in [0.25, 0.3) is 5.91 Å². The quantitative estimate of drug-likeness (QED) is 0.736. The number of hydrogen-bond donors (Lipinski definition) is 2. The van der Waals surface area contributed by atoms with Gasteiger partial charge in [0.1, 0.15) is 11.6 Å². The number of rotatable bonds is 7. The lowest BCUT2D eigenvalue weighted by Crippen LogP contribution is -2.15. The molecule has 1 aliphatic rings. The Morgan fingerprint density at radius 3 is 2.77 bits per heavy atom. The van der Waals surface area contributed by atoms with Gasteiger partial charge in [-0.1, -0.05) is 23.8 Å². The van der Waals surface area contributed by atoms with Gasteiger partial charge < -0.3 is 15.4 Å². The fraction of sp³-hybridized carbons (Fsp3) is 0.350. The SMILES string of the molecule is COc1ccccc1NC(=O)c1ccc(NCCC2=CCCCC2)nn1. The molecular weight excluding hydrogens is 328 g/mol. The maximum Gasteiger partial charge on any atom is 0.276 e. The van der Waals surface area contributed by atoms with Crippen LogP contribution in [0.4, 0.5) is 11.5 Å². The summed E-state index contributed by atoms with van der Waals surface area (Å²) in [6, 6.07) is 10.7. The Kier molecular flexibility index (Phi) is 6.19. The number of carbonyl (C=O) groups is 1. The van der Waals surface area contributed by atoms with Crippen LogP contribution in [0.25, 0.3) is 0 Å². The Balaban J connectivity index is 1.53. The van der Waals surface area contributed by atoms with E-state index in [1.54, 1.807) is 31.4 Å². The van der Waals surface area contributed by atoms with Crippen LogP contribution in [-0.4, -0.2) is 29.8 Å². The fourth-order valence-electron chi connectivity index (χ4n) is 2.96. The third-order valence-corrected chi connectivity index (χ3v) is 4.39. The Morgan fingerprint density at radius 1 is 1.15 bits per heavy atom. The number of allylic oxidation sites excluding steroid dienone is 1. The highest BCUT2D eigenvalue weighted by Gasteiger charge is 2.11. The first-order valence-electron chi connectivity index (χ1n) is 8.96. The molecule has 0 unspecified atom stereocenters. The molecule has 6 nitrogen and oxygen atoms in total. The van der Waals surface area contributed by atoms with E-state index < -0.39 is 0 Å². The molecule has 26 heavy (non-hydrogen) atoms. The molecule has 6 heteroatoms. The average molecular weight is 352 g/mol. The third-order valence-electron chi connectivity index (χ3n) is 4.39. The van der Waals surface area contributed by atoms with Crippen molar-refractivity contribution in [2.24, 2.45) is 0 Å². The molecule has 0 radical (unpaired) electrons. The molecule has 0 aliphatic heterocycles. The van der Waals surface area contributed by atoms with Crippen molar-refractivity contribution in [1.29, 1.82) is 0 Å². The number of nitrogens with one attached hydrogen (secondary N) is 2. The van der Waals surface area contributed by atoms with E-state index in [9.17, 15) is 4.79 Å². The molecular formula is C20H24N4O2. The van der Waals surface area contributed by atoms with Gasteiger partial charge in [0.2, 0.25) is 0 Å². The van der Waals surface area contributed by atoms with Gasteiger partial charge in [-0.2, -0.15) is 0 Å². The lowest BCUT2D eigenvalue weighted by molar-refractivity contribution is 0.102. The van der Waals surface area contributed by atoms with Crippen LogP contribution in [0.1, 0.15) is 42.6 Å². The number of ether oxygens (including phenoxy) is 1. The van der Waals surface area contributed by atoms with E-state index in [1.165, 1.54) is 31.3 Å². The summed E-state index contributed by atoms with van der Waals surface area (Å²) < 4.78 is 5.23. The van der Waals surface area contributed by atoms with Gasteiger partial charge in [-0.25, -0.2) is 0 Å². The number of amides is 1. The first-order valence-corrected chi connectivity index (χ1v) is 8.96. The molecule has 0 saturated carbocycles. The summed E-state index contributed by atoms with van der Waals surface area (Å²) >= 11 is 0. The van der Waals surface area contributed by atoms with Crippen molar-refractivity contribution < 1.29 is 9.53 Å². The maximum atomic E-state index is 12.3. The van der Waals surface area contributed by atoms with Gasteiger partial charge in [-0.05, 0) is 56.4 Å². The van der Waals surface area contributed by atoms with Crippen LogP contribution in [0.3, 0.4) is 0 Å². The van der Waals surface area contributed by atoms with E-state index in [0.29, 0.717) is 17.3 Å². The zero-order valence-corrected chi connectivity index (χ0v) is 15.0. The Hall–Kier alpha value is -2.89. The van der Waals surface area contributed by atoms with Gasteiger partial charge in [0.15, 0.2) is 5.69 Å². The number of carbonyl (C=O) groups excluding carboxylic acids is 1. The van der Waals surface area contributed by atoms with Crippen molar-refractivity contribution >= 4 is 17.4 Å². The minimum Gasteiger partial charge on any atom is -0.495 e. The van der Waals surface area contributed by atoms with Gasteiger partial charge in [-0.15, -0.1) is 10.2 Å². The molecule has 0 saturated heterocycles. The molecule has 0 fully saturated rings. The third kappa shape index (κ3) is 4.81. The molecule has 3 rings (SSSR count). The summed E-state index contributed by atoms with van der Waals surface area (Å²) in [6.45, 7) is 0.827. The van der Waals surface area contributed by atoms with Gasteiger partial charge >= 0.3 is 0 Å². The number of benzene rings is 1. The highest BCUT2D eigenvalue weighted by molar-refractivity contribution is 6.03. The smallest absolute Gasteiger partial charge is 0.276 e. The van der Waals surface area contributed by atoms with Crippen molar-refractivity contribution in [3.05, 3.63) is 53.7 Å². The van der Waals surface area contributed by atoms with E-state index in [4.69, 9.17) is 4.74 Å². The van der Waals surface area contributed by atoms with E-state index >= 15 is 0 Å². The topological polar surface area (TPSA) is 76.1 Å². The van der Waals surface area contributed by atoms with Crippen molar-refractivity contribution in [2.75, 3.05) is 24.3 Å². The standard InChI is InChI=1S/C20H24N4O2/c1-26-18-10-6-5-9-16(18)22-20(25)17-11-12-19(24-23-17)21-14-13-15-7-3-2-4-8-15/h5-7,9-12H,2-4,8,13-14H2,1H3,(H,21,24)(H,22,25). The summed E-state index contributed by atoms with van der Waals surface area (Å²) in [5.41, 5.74) is 2.38. The monoisotopic (exact) mass is 352 g/mol. The largest absolute Gasteiger partial charge is 0.495 e. The summed E-state index contributed by atoms with van der Waals surface area (Å²) in [6.07, 6.45) is 8.38. The Morgan fingerprint density at radius 2 is 2.04 bits per heavy atom. The van der Waals surface area contributed by atoms with E-state index in [0.717, 1.165) is 13.0 Å². The normalized spacial score (nSPS) is 13.7. The van der Waals surface area contributed by atoms with E-state index in [-0.39, 0.29) is 11.6 Å². The first-order chi connectivity index (χ1) is 12.8. The average Bonchev–Trinajstić information content (AvgIpc) is 2.70. The number of para-hydroxylation sites is 2. The molecule has 2 aromatic rings. The van der Waals surface area contributed by atoms with Crippen molar-refractivity contribution in [2.45, 2.75) is 32.1 Å². The highest BCUT2D eigenvalue weighted by Crippen LogP contribution is 2.23. The highest BCUT2D eigenvalue weighted by atomic mass is 16.5. The fourth-order valence-corrected chi connectivity index (χ4v) is 2.96. The molecule has 2 N–H and O–H groups in total. The lowest BCUT2D eigenvalue weighted by Gasteiger charge is -2.13. The van der Waals surface area contributed by atoms with Crippen LogP contribution in [-0.2, 0) is 0 Å². The van der Waals surface area contributed by atoms with E-state index in [2.05, 4.69) is 26.9 Å². The second-order valence-electron chi connectivity index (χ2n) is 6.24. The molecule has 1 aromatic carbocycles. The predicted molar refractivity (Wildman–Crippen MR) is 103 cm³/mol. The number of nitrogens with zero attached hydrogens (tertiary/aromatic N) is 2. The molecule has 1 aliphatic carbocycles. The number of hydrogen-bond acceptors (Lipinski definition) is 5. The molecule has 1 amide bonds. The molecule has 1 aromatic heterocycles. The molecule has 1 heterocycles. The van der Waals surface area contributed by atoms with Gasteiger partial charge in [0.05, 0.1) is 12.8 Å². The van der Waals surface area contributed by atoms with Crippen molar-refractivity contribution in [1.82, 2.24) is 10.2 Å². The summed E-state index contributed by atoms with van der Waals surface area (Å²) in [4.78, 5) is 12.3. The minimum atomic E-state index is -0.319. The zero-order valence-electron chi connectivity index (χ0n) is 15.0. The first kappa shape index (κ1) is 17.9. The minimum absolute atomic E-state index is 0.261. The van der Waals surface area contributed by atoms with Crippen LogP contribution < -0.4 is 15.4 Å². The number of anilines is 2. The maximum absolute atomic E-state index is 12.3. The van der Waals surface area contributed by atoms with Crippen LogP contribution >= 0.6 is 0 Å². The van der Waals surface area contributed by atoms with Crippen LogP contribution in [0, 0.1) is 0 Å². The summed E-state index contributed by atoms with van der Waals surface area (Å²) in [5, 5.41) is 14.2. The number of aromatic nitrogens is 2. The summed E-state index contributed by atoms with van der Waals surface area (Å²) in [7, 11) is 1.56. The van der Waals surface area contributed by atoms with Crippen LogP contribution in [0.2, 0.25) is 0 Å². The Bertz CT molecular complexity index is 772. The van der Waals surface area contributed by atoms with Gasteiger partial charge in [0, 0.05) is 6.54 Å². The Labute approximate surface area is 153 Å². The lowest BCUT2D eigenvalue weighted by atomic mass is 9.97. The number of methoxy groups -OCH3 is 1. The predicted octanol–water partition coefficient (Wildman–Crippen LogP) is 4.04. The molecule has 0 bridgehead atoms.